The second-order valence-electron chi connectivity index (χ2n) is 5.00. The molecule has 1 aliphatic rings. The Bertz CT molecular complexity index is 447. The van der Waals surface area contributed by atoms with Crippen LogP contribution in [0.3, 0.4) is 0 Å². The van der Waals surface area contributed by atoms with E-state index in [0.717, 1.165) is 13.1 Å². The molecule has 1 aliphatic heterocycles. The second-order valence-corrected chi connectivity index (χ2v) is 5.00. The standard InChI is InChI=1S/C15H23N3O/c1-4-16-11(2)13-7-5-6-8-14(13)18-10-9-17-15(19)12(18)3/h5-8,11-12,16H,4,9-10H2,1-3H3,(H,17,19). The SMILES string of the molecule is CCNC(C)c1ccccc1N1CCNC(=O)C1C. The highest BCUT2D eigenvalue weighted by molar-refractivity contribution is 5.86. The summed E-state index contributed by atoms with van der Waals surface area (Å²) in [5.41, 5.74) is 2.42. The number of nitrogens with one attached hydrogen (secondary N) is 2. The highest BCUT2D eigenvalue weighted by Gasteiger charge is 2.27. The predicted octanol–water partition coefficient (Wildman–Crippen LogP) is 1.68. The number of carbonyl (C=O) groups excluding carboxylic acids is 1. The summed E-state index contributed by atoms with van der Waals surface area (Å²) in [5, 5.41) is 6.35. The Labute approximate surface area is 115 Å². The van der Waals surface area contributed by atoms with Gasteiger partial charge in [0, 0.05) is 24.8 Å². The van der Waals surface area contributed by atoms with Crippen molar-refractivity contribution in [1.82, 2.24) is 10.6 Å². The van der Waals surface area contributed by atoms with Gasteiger partial charge in [0.2, 0.25) is 5.91 Å². The Morgan fingerprint density at radius 1 is 1.47 bits per heavy atom. The topological polar surface area (TPSA) is 44.4 Å². The van der Waals surface area contributed by atoms with Crippen molar-refractivity contribution in [2.45, 2.75) is 32.9 Å². The number of rotatable bonds is 4. The van der Waals surface area contributed by atoms with Crippen LogP contribution in [0.2, 0.25) is 0 Å². The highest BCUT2D eigenvalue weighted by Crippen LogP contribution is 2.28. The Hall–Kier alpha value is -1.55. The first-order chi connectivity index (χ1) is 9.15. The summed E-state index contributed by atoms with van der Waals surface area (Å²) in [6.07, 6.45) is 0. The number of hydrogen-bond donors (Lipinski definition) is 2. The van der Waals surface area contributed by atoms with Crippen LogP contribution in [0, 0.1) is 0 Å². The van der Waals surface area contributed by atoms with Gasteiger partial charge in [-0.3, -0.25) is 4.79 Å². The second kappa shape index (κ2) is 6.06. The number of carbonyl (C=O) groups is 1. The van der Waals surface area contributed by atoms with E-state index in [0.29, 0.717) is 12.6 Å². The van der Waals surface area contributed by atoms with Gasteiger partial charge in [0.15, 0.2) is 0 Å². The van der Waals surface area contributed by atoms with E-state index in [2.05, 4.69) is 47.6 Å². The van der Waals surface area contributed by atoms with E-state index in [4.69, 9.17) is 0 Å². The van der Waals surface area contributed by atoms with Crippen molar-refractivity contribution in [2.75, 3.05) is 24.5 Å². The van der Waals surface area contributed by atoms with Crippen LogP contribution in [-0.2, 0) is 4.79 Å². The third-order valence-corrected chi connectivity index (χ3v) is 3.72. The lowest BCUT2D eigenvalue weighted by molar-refractivity contribution is -0.122. The van der Waals surface area contributed by atoms with Gasteiger partial charge in [-0.2, -0.15) is 0 Å². The molecule has 0 aromatic heterocycles. The van der Waals surface area contributed by atoms with Crippen LogP contribution in [0.4, 0.5) is 5.69 Å². The van der Waals surface area contributed by atoms with Crippen molar-refractivity contribution in [3.63, 3.8) is 0 Å². The number of hydrogen-bond acceptors (Lipinski definition) is 3. The number of nitrogens with zero attached hydrogens (tertiary/aromatic N) is 1. The Morgan fingerprint density at radius 2 is 2.21 bits per heavy atom. The van der Waals surface area contributed by atoms with Gasteiger partial charge >= 0.3 is 0 Å². The average molecular weight is 261 g/mol. The van der Waals surface area contributed by atoms with Gasteiger partial charge in [-0.1, -0.05) is 25.1 Å². The fourth-order valence-electron chi connectivity index (χ4n) is 2.64. The minimum absolute atomic E-state index is 0.108. The summed E-state index contributed by atoms with van der Waals surface area (Å²) in [6.45, 7) is 8.75. The third kappa shape index (κ3) is 2.89. The number of anilines is 1. The van der Waals surface area contributed by atoms with Gasteiger partial charge < -0.3 is 15.5 Å². The average Bonchev–Trinajstić information content (AvgIpc) is 2.42. The van der Waals surface area contributed by atoms with Crippen molar-refractivity contribution in [3.05, 3.63) is 29.8 Å². The molecule has 1 aromatic carbocycles. The van der Waals surface area contributed by atoms with Crippen LogP contribution in [0.5, 0.6) is 0 Å². The van der Waals surface area contributed by atoms with Crippen LogP contribution in [0.25, 0.3) is 0 Å². The molecule has 2 unspecified atom stereocenters. The smallest absolute Gasteiger partial charge is 0.242 e. The molecule has 4 nitrogen and oxygen atoms in total. The first-order valence-electron chi connectivity index (χ1n) is 7.01. The van der Waals surface area contributed by atoms with Crippen molar-refractivity contribution < 1.29 is 4.79 Å². The van der Waals surface area contributed by atoms with Gasteiger partial charge in [0.05, 0.1) is 0 Å². The van der Waals surface area contributed by atoms with Crippen LogP contribution in [0.15, 0.2) is 24.3 Å². The van der Waals surface area contributed by atoms with Crippen LogP contribution >= 0.6 is 0 Å². The Kier molecular flexibility index (Phi) is 4.43. The van der Waals surface area contributed by atoms with E-state index < -0.39 is 0 Å². The van der Waals surface area contributed by atoms with Gasteiger partial charge in [-0.25, -0.2) is 0 Å². The lowest BCUT2D eigenvalue weighted by atomic mass is 10.0. The zero-order valence-corrected chi connectivity index (χ0v) is 11.9. The fourth-order valence-corrected chi connectivity index (χ4v) is 2.64. The number of piperazine rings is 1. The van der Waals surface area contributed by atoms with E-state index in [1.54, 1.807) is 0 Å². The van der Waals surface area contributed by atoms with Crippen LogP contribution < -0.4 is 15.5 Å². The molecular weight excluding hydrogens is 238 g/mol. The van der Waals surface area contributed by atoms with Gasteiger partial charge in [-0.05, 0) is 32.0 Å². The van der Waals surface area contributed by atoms with Crippen LogP contribution in [0.1, 0.15) is 32.4 Å². The maximum Gasteiger partial charge on any atom is 0.242 e. The molecule has 2 N–H and O–H groups in total. The number of amides is 1. The first kappa shape index (κ1) is 13.9. The van der Waals surface area contributed by atoms with Gasteiger partial charge in [0.25, 0.3) is 0 Å². The minimum atomic E-state index is -0.108. The normalized spacial score (nSPS) is 21.1. The largest absolute Gasteiger partial charge is 0.358 e. The maximum absolute atomic E-state index is 11.8. The molecular formula is C15H23N3O. The monoisotopic (exact) mass is 261 g/mol. The summed E-state index contributed by atoms with van der Waals surface area (Å²) in [4.78, 5) is 14.0. The molecule has 19 heavy (non-hydrogen) atoms. The van der Waals surface area contributed by atoms with Crippen molar-refractivity contribution >= 4 is 11.6 Å². The molecule has 0 spiro atoms. The molecule has 104 valence electrons. The molecule has 1 aromatic rings. The third-order valence-electron chi connectivity index (χ3n) is 3.72. The lowest BCUT2D eigenvalue weighted by Gasteiger charge is -2.36. The van der Waals surface area contributed by atoms with E-state index in [9.17, 15) is 4.79 Å². The van der Waals surface area contributed by atoms with Crippen LogP contribution in [-0.4, -0.2) is 31.6 Å². The number of benzene rings is 1. The number of para-hydroxylation sites is 1. The summed E-state index contributed by atoms with van der Waals surface area (Å²) in [5.74, 6) is 0.108. The molecule has 0 radical (unpaired) electrons. The summed E-state index contributed by atoms with van der Waals surface area (Å²) in [6, 6.07) is 8.53. The Morgan fingerprint density at radius 3 is 2.95 bits per heavy atom. The van der Waals surface area contributed by atoms with E-state index >= 15 is 0 Å². The van der Waals surface area contributed by atoms with Crippen molar-refractivity contribution in [2.24, 2.45) is 0 Å². The highest BCUT2D eigenvalue weighted by atomic mass is 16.2. The van der Waals surface area contributed by atoms with Gasteiger partial charge in [-0.15, -0.1) is 0 Å². The summed E-state index contributed by atoms with van der Waals surface area (Å²) < 4.78 is 0. The minimum Gasteiger partial charge on any atom is -0.358 e. The van der Waals surface area contributed by atoms with E-state index in [1.165, 1.54) is 11.3 Å². The lowest BCUT2D eigenvalue weighted by Crippen LogP contribution is -2.54. The fraction of sp³-hybridized carbons (Fsp3) is 0.533. The summed E-state index contributed by atoms with van der Waals surface area (Å²) >= 11 is 0. The quantitative estimate of drug-likeness (QED) is 0.867. The molecule has 1 heterocycles. The Balaban J connectivity index is 2.30. The van der Waals surface area contributed by atoms with Crippen molar-refractivity contribution in [3.8, 4) is 0 Å². The van der Waals surface area contributed by atoms with E-state index in [-0.39, 0.29) is 11.9 Å². The predicted molar refractivity (Wildman–Crippen MR) is 78.4 cm³/mol. The molecule has 1 amide bonds. The zero-order valence-electron chi connectivity index (χ0n) is 11.9. The van der Waals surface area contributed by atoms with Gasteiger partial charge in [0.1, 0.15) is 6.04 Å². The molecule has 0 saturated carbocycles. The van der Waals surface area contributed by atoms with E-state index in [1.807, 2.05) is 13.0 Å². The van der Waals surface area contributed by atoms with Crippen molar-refractivity contribution in [1.29, 1.82) is 0 Å². The molecule has 4 heteroatoms. The zero-order chi connectivity index (χ0) is 13.8. The maximum atomic E-state index is 11.8. The molecule has 0 aliphatic carbocycles. The molecule has 0 bridgehead atoms. The molecule has 1 saturated heterocycles. The molecule has 1 fully saturated rings. The molecule has 2 atom stereocenters. The summed E-state index contributed by atoms with van der Waals surface area (Å²) in [7, 11) is 0. The molecule has 2 rings (SSSR count). The first-order valence-corrected chi connectivity index (χ1v) is 7.01.